The summed E-state index contributed by atoms with van der Waals surface area (Å²) in [6.07, 6.45) is 5.26. The highest BCUT2D eigenvalue weighted by Gasteiger charge is 2.33. The lowest BCUT2D eigenvalue weighted by Gasteiger charge is -2.33. The number of sulfonamides is 1. The van der Waals surface area contributed by atoms with Crippen LogP contribution in [0.25, 0.3) is 0 Å². The molecule has 0 aliphatic heterocycles. The normalized spacial score (nSPS) is 14.7. The maximum Gasteiger partial charge on any atom is 0.244 e. The first-order valence-corrected chi connectivity index (χ1v) is 14.5. The average molecular weight is 534 g/mol. The Morgan fingerprint density at radius 2 is 1.68 bits per heavy atom. The third-order valence-electron chi connectivity index (χ3n) is 6.47. The molecule has 0 radical (unpaired) electrons. The van der Waals surface area contributed by atoms with Crippen LogP contribution in [0.4, 0.5) is 10.1 Å². The Morgan fingerprint density at radius 1 is 1.05 bits per heavy atom. The van der Waals surface area contributed by atoms with Crippen LogP contribution in [0, 0.1) is 5.82 Å². The van der Waals surface area contributed by atoms with E-state index in [0.717, 1.165) is 36.2 Å². The van der Waals surface area contributed by atoms with Crippen molar-refractivity contribution in [1.29, 1.82) is 0 Å². The standard InChI is InChI=1S/C27H36FN3O5S/c1-4-25(27(33)29-22-8-6-7-9-22)30(18-20-10-12-21(28)13-11-20)26(32)19-31(37(3,34)35)23-14-16-24(17-15-23)36-5-2/h10-17,22,25H,4-9,18-19H2,1-3H3,(H,29,33). The summed E-state index contributed by atoms with van der Waals surface area (Å²) in [4.78, 5) is 28.4. The van der Waals surface area contributed by atoms with E-state index >= 15 is 0 Å². The second-order valence-corrected chi connectivity index (χ2v) is 11.2. The van der Waals surface area contributed by atoms with Gasteiger partial charge >= 0.3 is 0 Å². The highest BCUT2D eigenvalue weighted by molar-refractivity contribution is 7.92. The SMILES string of the molecule is CCOc1ccc(N(CC(=O)N(Cc2ccc(F)cc2)C(CC)C(=O)NC2CCCC2)S(C)(=O)=O)cc1. The zero-order valence-electron chi connectivity index (χ0n) is 21.7. The molecule has 1 unspecified atom stereocenters. The third-order valence-corrected chi connectivity index (χ3v) is 7.61. The molecule has 1 aliphatic rings. The van der Waals surface area contributed by atoms with Crippen LogP contribution < -0.4 is 14.4 Å². The maximum atomic E-state index is 13.7. The smallest absolute Gasteiger partial charge is 0.244 e. The maximum absolute atomic E-state index is 13.7. The van der Waals surface area contributed by atoms with Crippen molar-refractivity contribution in [3.63, 3.8) is 0 Å². The van der Waals surface area contributed by atoms with Gasteiger partial charge in [0.25, 0.3) is 0 Å². The van der Waals surface area contributed by atoms with Gasteiger partial charge in [0.05, 0.1) is 18.6 Å². The van der Waals surface area contributed by atoms with Crippen LogP contribution in [0.5, 0.6) is 5.75 Å². The monoisotopic (exact) mass is 533 g/mol. The summed E-state index contributed by atoms with van der Waals surface area (Å²) >= 11 is 0. The van der Waals surface area contributed by atoms with Crippen LogP contribution in [0.15, 0.2) is 48.5 Å². The van der Waals surface area contributed by atoms with E-state index in [4.69, 9.17) is 4.74 Å². The minimum atomic E-state index is -3.83. The average Bonchev–Trinajstić information content (AvgIpc) is 3.36. The molecule has 2 aromatic rings. The fourth-order valence-electron chi connectivity index (χ4n) is 4.56. The highest BCUT2D eigenvalue weighted by Crippen LogP contribution is 2.23. The molecule has 1 atom stereocenters. The Hall–Kier alpha value is -3.14. The largest absolute Gasteiger partial charge is 0.494 e. The molecule has 0 aromatic heterocycles. The third kappa shape index (κ3) is 7.92. The molecule has 8 nitrogen and oxygen atoms in total. The van der Waals surface area contributed by atoms with Crippen molar-refractivity contribution >= 4 is 27.5 Å². The Bertz CT molecular complexity index is 1150. The number of benzene rings is 2. The van der Waals surface area contributed by atoms with Gasteiger partial charge in [0, 0.05) is 12.6 Å². The van der Waals surface area contributed by atoms with Gasteiger partial charge in [-0.15, -0.1) is 0 Å². The number of anilines is 1. The van der Waals surface area contributed by atoms with Gasteiger partial charge in [0.1, 0.15) is 24.2 Å². The predicted molar refractivity (Wildman–Crippen MR) is 141 cm³/mol. The van der Waals surface area contributed by atoms with Gasteiger partial charge in [-0.1, -0.05) is 31.9 Å². The topological polar surface area (TPSA) is 96.0 Å². The zero-order chi connectivity index (χ0) is 27.0. The van der Waals surface area contributed by atoms with Gasteiger partial charge in [-0.05, 0) is 68.1 Å². The number of rotatable bonds is 12. The second-order valence-electron chi connectivity index (χ2n) is 9.26. The number of hydrogen-bond acceptors (Lipinski definition) is 5. The van der Waals surface area contributed by atoms with Crippen LogP contribution in [0.2, 0.25) is 0 Å². The van der Waals surface area contributed by atoms with E-state index in [9.17, 15) is 22.4 Å². The molecule has 1 aliphatic carbocycles. The van der Waals surface area contributed by atoms with Gasteiger partial charge in [0.2, 0.25) is 21.8 Å². The summed E-state index contributed by atoms with van der Waals surface area (Å²) in [7, 11) is -3.83. The molecule has 1 fully saturated rings. The van der Waals surface area contributed by atoms with Crippen LogP contribution in [-0.4, -0.2) is 56.6 Å². The minimum absolute atomic E-state index is 0.0383. The summed E-state index contributed by atoms with van der Waals surface area (Å²) in [5.74, 6) is -0.626. The minimum Gasteiger partial charge on any atom is -0.494 e. The molecule has 202 valence electrons. The van der Waals surface area contributed by atoms with E-state index in [2.05, 4.69) is 5.32 Å². The van der Waals surface area contributed by atoms with Crippen molar-refractivity contribution < 1.29 is 27.1 Å². The van der Waals surface area contributed by atoms with E-state index in [-0.39, 0.29) is 18.5 Å². The number of nitrogens with zero attached hydrogens (tertiary/aromatic N) is 2. The van der Waals surface area contributed by atoms with Crippen LogP contribution >= 0.6 is 0 Å². The number of halogens is 1. The molecule has 37 heavy (non-hydrogen) atoms. The summed E-state index contributed by atoms with van der Waals surface area (Å²) in [6.45, 7) is 3.67. The molecule has 1 saturated carbocycles. The van der Waals surface area contributed by atoms with Gasteiger partial charge in [-0.3, -0.25) is 13.9 Å². The van der Waals surface area contributed by atoms with Crippen molar-refractivity contribution in [3.8, 4) is 5.75 Å². The molecule has 0 heterocycles. The van der Waals surface area contributed by atoms with E-state index in [1.165, 1.54) is 17.0 Å². The fourth-order valence-corrected chi connectivity index (χ4v) is 5.41. The Kier molecular flexibility index (Phi) is 9.91. The van der Waals surface area contributed by atoms with Crippen LogP contribution in [0.3, 0.4) is 0 Å². The molecule has 0 saturated heterocycles. The second kappa shape index (κ2) is 12.9. The van der Waals surface area contributed by atoms with E-state index in [1.807, 2.05) is 13.8 Å². The zero-order valence-corrected chi connectivity index (χ0v) is 22.5. The van der Waals surface area contributed by atoms with E-state index in [0.29, 0.717) is 30.0 Å². The van der Waals surface area contributed by atoms with Crippen molar-refractivity contribution in [3.05, 3.63) is 59.9 Å². The van der Waals surface area contributed by atoms with Gasteiger partial charge in [-0.25, -0.2) is 12.8 Å². The number of amides is 2. The first kappa shape index (κ1) is 28.4. The summed E-state index contributed by atoms with van der Waals surface area (Å²) < 4.78 is 45.4. The highest BCUT2D eigenvalue weighted by atomic mass is 32.2. The molecule has 10 heteroatoms. The summed E-state index contributed by atoms with van der Waals surface area (Å²) in [6, 6.07) is 11.4. The summed E-state index contributed by atoms with van der Waals surface area (Å²) in [5, 5.41) is 3.05. The molecular weight excluding hydrogens is 497 g/mol. The van der Waals surface area contributed by atoms with Gasteiger partial charge in [0.15, 0.2) is 0 Å². The lowest BCUT2D eigenvalue weighted by molar-refractivity contribution is -0.140. The Balaban J connectivity index is 1.89. The van der Waals surface area contributed by atoms with Crippen molar-refractivity contribution in [2.75, 3.05) is 23.7 Å². The lowest BCUT2D eigenvalue weighted by atomic mass is 10.1. The fraction of sp³-hybridized carbons (Fsp3) is 0.481. The quantitative estimate of drug-likeness (QED) is 0.447. The van der Waals surface area contributed by atoms with E-state index < -0.39 is 34.3 Å². The number of carbonyl (C=O) groups excluding carboxylic acids is 2. The lowest BCUT2D eigenvalue weighted by Crippen LogP contribution is -2.53. The number of hydrogen-bond donors (Lipinski definition) is 1. The summed E-state index contributed by atoms with van der Waals surface area (Å²) in [5.41, 5.74) is 0.943. The van der Waals surface area contributed by atoms with Crippen molar-refractivity contribution in [2.45, 2.75) is 64.6 Å². The predicted octanol–water partition coefficient (Wildman–Crippen LogP) is 3.86. The Morgan fingerprint density at radius 3 is 2.22 bits per heavy atom. The number of ether oxygens (including phenoxy) is 1. The van der Waals surface area contributed by atoms with Crippen LogP contribution in [-0.2, 0) is 26.2 Å². The molecule has 1 N–H and O–H groups in total. The molecule has 2 aromatic carbocycles. The van der Waals surface area contributed by atoms with Gasteiger partial charge in [-0.2, -0.15) is 0 Å². The van der Waals surface area contributed by atoms with Crippen LogP contribution in [0.1, 0.15) is 51.5 Å². The molecule has 0 bridgehead atoms. The molecule has 3 rings (SSSR count). The first-order valence-electron chi connectivity index (χ1n) is 12.7. The number of carbonyl (C=O) groups is 2. The Labute approximate surface area is 218 Å². The molecule has 2 amide bonds. The molecule has 0 spiro atoms. The van der Waals surface area contributed by atoms with Gasteiger partial charge < -0.3 is 15.0 Å². The first-order chi connectivity index (χ1) is 17.6. The van der Waals surface area contributed by atoms with Crippen molar-refractivity contribution in [1.82, 2.24) is 10.2 Å². The number of nitrogens with one attached hydrogen (secondary N) is 1. The van der Waals surface area contributed by atoms with Crippen molar-refractivity contribution in [2.24, 2.45) is 0 Å². The van der Waals surface area contributed by atoms with E-state index in [1.54, 1.807) is 36.4 Å². The molecular formula is C27H36FN3O5S.